The zero-order chi connectivity index (χ0) is 17.0. The molecule has 130 valence electrons. The van der Waals surface area contributed by atoms with E-state index >= 15 is 0 Å². The summed E-state index contributed by atoms with van der Waals surface area (Å²) in [6, 6.07) is 7.42. The number of para-hydroxylation sites is 2. The van der Waals surface area contributed by atoms with Gasteiger partial charge in [0.15, 0.2) is 11.5 Å². The van der Waals surface area contributed by atoms with E-state index in [0.29, 0.717) is 31.2 Å². The third-order valence-corrected chi connectivity index (χ3v) is 5.70. The number of aromatic nitrogens is 3. The molecule has 24 heavy (non-hydrogen) atoms. The molecule has 1 atom stereocenters. The van der Waals surface area contributed by atoms with Crippen molar-refractivity contribution in [2.75, 3.05) is 26.8 Å². The van der Waals surface area contributed by atoms with Crippen molar-refractivity contribution in [1.82, 2.24) is 19.5 Å². The number of nitrogens with one attached hydrogen (secondary N) is 1. The Bertz CT molecular complexity index is 764. The van der Waals surface area contributed by atoms with Crippen LogP contribution in [0.1, 0.15) is 12.8 Å². The van der Waals surface area contributed by atoms with Gasteiger partial charge in [-0.3, -0.25) is 0 Å². The summed E-state index contributed by atoms with van der Waals surface area (Å²) in [5, 5.41) is 5.92. The van der Waals surface area contributed by atoms with Crippen LogP contribution in [-0.2, 0) is 10.0 Å². The lowest BCUT2D eigenvalue weighted by Crippen LogP contribution is -2.41. The van der Waals surface area contributed by atoms with E-state index in [4.69, 9.17) is 9.47 Å². The average Bonchev–Trinajstić information content (AvgIpc) is 3.16. The van der Waals surface area contributed by atoms with Gasteiger partial charge in [0.2, 0.25) is 0 Å². The van der Waals surface area contributed by atoms with Gasteiger partial charge >= 0.3 is 0 Å². The predicted octanol–water partition coefficient (Wildman–Crippen LogP) is 1.29. The predicted molar refractivity (Wildman–Crippen MR) is 86.4 cm³/mol. The second-order valence-electron chi connectivity index (χ2n) is 5.62. The van der Waals surface area contributed by atoms with Crippen molar-refractivity contribution >= 4 is 10.0 Å². The van der Waals surface area contributed by atoms with Gasteiger partial charge in [-0.05, 0) is 25.0 Å². The van der Waals surface area contributed by atoms with Crippen molar-refractivity contribution < 1.29 is 17.9 Å². The van der Waals surface area contributed by atoms with Gasteiger partial charge in [0.1, 0.15) is 6.33 Å². The number of H-pyrrole nitrogens is 1. The van der Waals surface area contributed by atoms with Gasteiger partial charge in [-0.25, -0.2) is 18.5 Å². The molecule has 0 amide bonds. The zero-order valence-corrected chi connectivity index (χ0v) is 14.2. The van der Waals surface area contributed by atoms with Crippen molar-refractivity contribution in [3.05, 3.63) is 30.6 Å². The lowest BCUT2D eigenvalue weighted by atomic mass is 10.0. The van der Waals surface area contributed by atoms with Crippen LogP contribution in [0.4, 0.5) is 0 Å². The molecule has 1 aromatic heterocycles. The fourth-order valence-electron chi connectivity index (χ4n) is 2.77. The number of sulfonamides is 1. The van der Waals surface area contributed by atoms with Crippen LogP contribution in [0.2, 0.25) is 0 Å². The molecule has 3 rings (SSSR count). The Morgan fingerprint density at radius 3 is 2.83 bits per heavy atom. The summed E-state index contributed by atoms with van der Waals surface area (Å²) in [4.78, 5) is 3.76. The lowest BCUT2D eigenvalue weighted by molar-refractivity contribution is 0.176. The summed E-state index contributed by atoms with van der Waals surface area (Å²) >= 11 is 0. The topological polar surface area (TPSA) is 97.4 Å². The van der Waals surface area contributed by atoms with E-state index in [0.717, 1.165) is 12.8 Å². The maximum atomic E-state index is 12.5. The molecule has 0 aliphatic carbocycles. The maximum Gasteiger partial charge on any atom is 0.278 e. The Labute approximate surface area is 140 Å². The summed E-state index contributed by atoms with van der Waals surface area (Å²) in [5.41, 5.74) is 0. The van der Waals surface area contributed by atoms with Crippen LogP contribution in [0.3, 0.4) is 0 Å². The first-order valence-corrected chi connectivity index (χ1v) is 9.16. The molecule has 1 unspecified atom stereocenters. The highest BCUT2D eigenvalue weighted by atomic mass is 32.2. The standard InChI is InChI=1S/C15H20N4O4S/c1-22-13-6-2-3-7-14(13)23-10-12-5-4-8-19(9-12)24(20,21)15-16-11-17-18-15/h2-3,6-7,11-12H,4-5,8-10H2,1H3,(H,16,17,18). The maximum absolute atomic E-state index is 12.5. The van der Waals surface area contributed by atoms with Crippen LogP contribution in [0, 0.1) is 5.92 Å². The average molecular weight is 352 g/mol. The van der Waals surface area contributed by atoms with Crippen LogP contribution in [0.5, 0.6) is 11.5 Å². The van der Waals surface area contributed by atoms with Crippen molar-refractivity contribution in [2.45, 2.75) is 18.0 Å². The van der Waals surface area contributed by atoms with Crippen LogP contribution in [0.15, 0.2) is 35.7 Å². The fourth-order valence-corrected chi connectivity index (χ4v) is 4.14. The Balaban J connectivity index is 1.64. The molecule has 8 nitrogen and oxygen atoms in total. The van der Waals surface area contributed by atoms with Crippen molar-refractivity contribution in [3.8, 4) is 11.5 Å². The van der Waals surface area contributed by atoms with Crippen LogP contribution in [-0.4, -0.2) is 54.7 Å². The van der Waals surface area contributed by atoms with Gasteiger partial charge in [0.05, 0.1) is 13.7 Å². The SMILES string of the molecule is COc1ccccc1OCC1CCCN(S(=O)(=O)c2ncn[nH]2)C1. The number of ether oxygens (including phenoxy) is 2. The largest absolute Gasteiger partial charge is 0.493 e. The highest BCUT2D eigenvalue weighted by Crippen LogP contribution is 2.28. The number of piperidine rings is 1. The first-order valence-electron chi connectivity index (χ1n) is 7.72. The van der Waals surface area contributed by atoms with Crippen LogP contribution < -0.4 is 9.47 Å². The number of benzene rings is 1. The number of nitrogens with zero attached hydrogens (tertiary/aromatic N) is 3. The molecule has 2 heterocycles. The van der Waals surface area contributed by atoms with Gasteiger partial charge in [0, 0.05) is 19.0 Å². The van der Waals surface area contributed by atoms with E-state index in [2.05, 4.69) is 15.2 Å². The number of rotatable bonds is 6. The molecule has 1 aliphatic rings. The third-order valence-electron chi connectivity index (χ3n) is 4.00. The molecule has 9 heteroatoms. The minimum Gasteiger partial charge on any atom is -0.493 e. The number of hydrogen-bond acceptors (Lipinski definition) is 6. The van der Waals surface area contributed by atoms with E-state index in [9.17, 15) is 8.42 Å². The molecular formula is C15H20N4O4S. The smallest absolute Gasteiger partial charge is 0.278 e. The fraction of sp³-hybridized carbons (Fsp3) is 0.467. The van der Waals surface area contributed by atoms with Gasteiger partial charge < -0.3 is 9.47 Å². The molecule has 0 radical (unpaired) electrons. The Hall–Kier alpha value is -2.13. The van der Waals surface area contributed by atoms with Crippen molar-refractivity contribution in [3.63, 3.8) is 0 Å². The molecule has 1 fully saturated rings. The molecule has 0 bridgehead atoms. The van der Waals surface area contributed by atoms with Gasteiger partial charge in [-0.2, -0.15) is 9.40 Å². The first kappa shape index (κ1) is 16.7. The summed E-state index contributed by atoms with van der Waals surface area (Å²) < 4.78 is 37.5. The number of hydrogen-bond donors (Lipinski definition) is 1. The summed E-state index contributed by atoms with van der Waals surface area (Å²) in [6.45, 7) is 1.31. The monoisotopic (exact) mass is 352 g/mol. The molecule has 1 N–H and O–H groups in total. The summed E-state index contributed by atoms with van der Waals surface area (Å²) in [6.07, 6.45) is 2.89. The molecule has 0 spiro atoms. The van der Waals surface area contributed by atoms with Gasteiger partial charge in [-0.15, -0.1) is 0 Å². The Kier molecular flexibility index (Phi) is 5.00. The van der Waals surface area contributed by atoms with Crippen LogP contribution in [0.25, 0.3) is 0 Å². The van der Waals surface area contributed by atoms with Gasteiger partial charge in [0.25, 0.3) is 15.2 Å². The molecular weight excluding hydrogens is 332 g/mol. The highest BCUT2D eigenvalue weighted by molar-refractivity contribution is 7.88. The van der Waals surface area contributed by atoms with Crippen molar-refractivity contribution in [1.29, 1.82) is 0 Å². The van der Waals surface area contributed by atoms with Crippen molar-refractivity contribution in [2.24, 2.45) is 5.92 Å². The highest BCUT2D eigenvalue weighted by Gasteiger charge is 2.32. The first-order chi connectivity index (χ1) is 11.6. The minimum absolute atomic E-state index is 0.112. The molecule has 2 aromatic rings. The number of aromatic amines is 1. The van der Waals surface area contributed by atoms with E-state index in [1.807, 2.05) is 24.3 Å². The quantitative estimate of drug-likeness (QED) is 0.841. The minimum atomic E-state index is -3.62. The Morgan fingerprint density at radius 1 is 1.33 bits per heavy atom. The van der Waals surface area contributed by atoms with Gasteiger partial charge in [-0.1, -0.05) is 12.1 Å². The summed E-state index contributed by atoms with van der Waals surface area (Å²) in [5.74, 6) is 1.44. The molecule has 1 aliphatic heterocycles. The number of methoxy groups -OCH3 is 1. The van der Waals surface area contributed by atoms with E-state index < -0.39 is 10.0 Å². The second-order valence-corrected chi connectivity index (χ2v) is 7.48. The zero-order valence-electron chi connectivity index (χ0n) is 13.4. The molecule has 1 saturated heterocycles. The van der Waals surface area contributed by atoms with E-state index in [-0.39, 0.29) is 11.1 Å². The molecule has 0 saturated carbocycles. The van der Waals surface area contributed by atoms with Crippen LogP contribution >= 0.6 is 0 Å². The summed E-state index contributed by atoms with van der Waals surface area (Å²) in [7, 11) is -2.03. The Morgan fingerprint density at radius 2 is 2.12 bits per heavy atom. The lowest BCUT2D eigenvalue weighted by Gasteiger charge is -2.31. The second kappa shape index (κ2) is 7.18. The van der Waals surface area contributed by atoms with E-state index in [1.165, 1.54) is 10.6 Å². The third kappa shape index (κ3) is 3.51. The van der Waals surface area contributed by atoms with E-state index in [1.54, 1.807) is 7.11 Å². The molecule has 1 aromatic carbocycles. The normalized spacial score (nSPS) is 19.1.